The zero-order chi connectivity index (χ0) is 20.9. The van der Waals surface area contributed by atoms with Crippen molar-refractivity contribution in [2.75, 3.05) is 6.61 Å². The lowest BCUT2D eigenvalue weighted by Crippen LogP contribution is -2.48. The standard InChI is InChI=1S/C22H32O6/c1-12(5-7-15-13(2)6-8-16(24)21(15,3)4)9-17(25)22-18(26)10-14(11-23)19(27)20(22)28-22/h5-7,9-10,15-20,23-27H,8,11H2,1-4H3. The summed E-state index contributed by atoms with van der Waals surface area (Å²) in [5.41, 5.74) is 0.740. The fourth-order valence-corrected chi connectivity index (χ4v) is 4.53. The van der Waals surface area contributed by atoms with E-state index in [1.165, 1.54) is 11.6 Å². The van der Waals surface area contributed by atoms with Crippen LogP contribution in [0, 0.1) is 11.3 Å². The molecule has 0 aromatic heterocycles. The Morgan fingerprint density at radius 3 is 2.64 bits per heavy atom. The van der Waals surface area contributed by atoms with E-state index in [1.54, 1.807) is 6.08 Å². The van der Waals surface area contributed by atoms with Gasteiger partial charge in [-0.1, -0.05) is 49.3 Å². The van der Waals surface area contributed by atoms with Gasteiger partial charge in [0.1, 0.15) is 24.4 Å². The van der Waals surface area contributed by atoms with Gasteiger partial charge in [-0.2, -0.15) is 0 Å². The van der Waals surface area contributed by atoms with E-state index in [1.807, 2.05) is 32.9 Å². The second kappa shape index (κ2) is 7.52. The first-order chi connectivity index (χ1) is 13.1. The zero-order valence-corrected chi connectivity index (χ0v) is 16.9. The Labute approximate surface area is 166 Å². The summed E-state index contributed by atoms with van der Waals surface area (Å²) in [4.78, 5) is 0. The molecule has 0 aromatic rings. The molecule has 0 amide bonds. The van der Waals surface area contributed by atoms with Gasteiger partial charge in [-0.05, 0) is 31.9 Å². The normalized spacial score (nSPS) is 41.3. The van der Waals surface area contributed by atoms with Crippen molar-refractivity contribution in [3.8, 4) is 0 Å². The van der Waals surface area contributed by atoms with Crippen LogP contribution in [-0.2, 0) is 4.74 Å². The van der Waals surface area contributed by atoms with Crippen molar-refractivity contribution in [1.82, 2.24) is 0 Å². The monoisotopic (exact) mass is 392 g/mol. The van der Waals surface area contributed by atoms with Gasteiger partial charge < -0.3 is 30.3 Å². The quantitative estimate of drug-likeness (QED) is 0.271. The summed E-state index contributed by atoms with van der Waals surface area (Å²) in [6.45, 7) is 7.63. The third kappa shape index (κ3) is 3.43. The zero-order valence-electron chi connectivity index (χ0n) is 16.9. The third-order valence-electron chi connectivity index (χ3n) is 6.65. The molecule has 3 rings (SSSR count). The Morgan fingerprint density at radius 1 is 1.32 bits per heavy atom. The molecule has 1 heterocycles. The van der Waals surface area contributed by atoms with Gasteiger partial charge >= 0.3 is 0 Å². The van der Waals surface area contributed by atoms with Gasteiger partial charge in [0.25, 0.3) is 0 Å². The molecule has 3 aliphatic rings. The fraction of sp³-hybridized carbons (Fsp3) is 0.636. The molecule has 0 saturated carbocycles. The maximum Gasteiger partial charge on any atom is 0.156 e. The second-order valence-electron chi connectivity index (χ2n) is 8.89. The number of ether oxygens (including phenoxy) is 1. The summed E-state index contributed by atoms with van der Waals surface area (Å²) in [6.07, 6.45) is 5.21. The van der Waals surface area contributed by atoms with Gasteiger partial charge in [0, 0.05) is 11.3 Å². The summed E-state index contributed by atoms with van der Waals surface area (Å²) in [6, 6.07) is 0. The maximum absolute atomic E-state index is 10.7. The number of hydrogen-bond acceptors (Lipinski definition) is 6. The molecule has 5 N–H and O–H groups in total. The summed E-state index contributed by atoms with van der Waals surface area (Å²) in [5, 5.41) is 50.8. The molecule has 1 aliphatic heterocycles. The lowest BCUT2D eigenvalue weighted by atomic mass is 9.67. The molecule has 1 saturated heterocycles. The average Bonchev–Trinajstić information content (AvgIpc) is 3.39. The van der Waals surface area contributed by atoms with Crippen LogP contribution in [0.2, 0.25) is 0 Å². The maximum atomic E-state index is 10.7. The molecule has 7 unspecified atom stereocenters. The number of hydrogen-bond donors (Lipinski definition) is 5. The van der Waals surface area contributed by atoms with Crippen LogP contribution in [-0.4, -0.2) is 68.3 Å². The van der Waals surface area contributed by atoms with Crippen molar-refractivity contribution in [2.24, 2.45) is 11.3 Å². The van der Waals surface area contributed by atoms with Crippen LogP contribution in [0.5, 0.6) is 0 Å². The van der Waals surface area contributed by atoms with E-state index in [9.17, 15) is 25.5 Å². The van der Waals surface area contributed by atoms with Crippen molar-refractivity contribution in [3.05, 3.63) is 47.1 Å². The van der Waals surface area contributed by atoms with Crippen LogP contribution in [0.3, 0.4) is 0 Å². The number of epoxide rings is 1. The first kappa shape index (κ1) is 21.4. The van der Waals surface area contributed by atoms with Crippen molar-refractivity contribution in [3.63, 3.8) is 0 Å². The number of rotatable bonds is 5. The molecule has 0 spiro atoms. The van der Waals surface area contributed by atoms with Gasteiger partial charge in [-0.25, -0.2) is 0 Å². The van der Waals surface area contributed by atoms with Crippen LogP contribution in [0.4, 0.5) is 0 Å². The summed E-state index contributed by atoms with van der Waals surface area (Å²) in [5.74, 6) is 0.0805. The Bertz CT molecular complexity index is 733. The topological polar surface area (TPSA) is 114 Å². The molecule has 0 aromatic carbocycles. The third-order valence-corrected chi connectivity index (χ3v) is 6.65. The van der Waals surface area contributed by atoms with Gasteiger partial charge in [-0.3, -0.25) is 0 Å². The van der Waals surface area contributed by atoms with Gasteiger partial charge in [-0.15, -0.1) is 0 Å². The highest BCUT2D eigenvalue weighted by Crippen LogP contribution is 2.50. The first-order valence-electron chi connectivity index (χ1n) is 9.80. The molecule has 0 bridgehead atoms. The average molecular weight is 392 g/mol. The van der Waals surface area contributed by atoms with E-state index in [2.05, 4.69) is 13.0 Å². The van der Waals surface area contributed by atoms with Crippen molar-refractivity contribution in [1.29, 1.82) is 0 Å². The smallest absolute Gasteiger partial charge is 0.156 e. The molecule has 2 aliphatic carbocycles. The summed E-state index contributed by atoms with van der Waals surface area (Å²) in [7, 11) is 0. The Morgan fingerprint density at radius 2 is 2.00 bits per heavy atom. The molecule has 6 nitrogen and oxygen atoms in total. The Kier molecular flexibility index (Phi) is 5.75. The number of fused-ring (bicyclic) bond motifs is 1. The molecular formula is C22H32O6. The highest BCUT2D eigenvalue weighted by Gasteiger charge is 2.69. The molecule has 156 valence electrons. The van der Waals surface area contributed by atoms with E-state index < -0.39 is 36.1 Å². The lowest BCUT2D eigenvalue weighted by molar-refractivity contribution is 0.0243. The molecule has 28 heavy (non-hydrogen) atoms. The summed E-state index contributed by atoms with van der Waals surface area (Å²) < 4.78 is 5.52. The Hall–Kier alpha value is -1.28. The second-order valence-corrected chi connectivity index (χ2v) is 8.89. The Balaban J connectivity index is 1.76. The lowest BCUT2D eigenvalue weighted by Gasteiger charge is -2.40. The van der Waals surface area contributed by atoms with Crippen LogP contribution in [0.15, 0.2) is 47.1 Å². The minimum atomic E-state index is -1.27. The van der Waals surface area contributed by atoms with E-state index in [0.29, 0.717) is 12.0 Å². The highest BCUT2D eigenvalue weighted by molar-refractivity contribution is 5.36. The molecule has 7 atom stereocenters. The van der Waals surface area contributed by atoms with Crippen molar-refractivity contribution >= 4 is 0 Å². The van der Waals surface area contributed by atoms with E-state index in [4.69, 9.17) is 4.74 Å². The minimum absolute atomic E-state index is 0.0805. The van der Waals surface area contributed by atoms with Crippen LogP contribution < -0.4 is 0 Å². The number of aliphatic hydroxyl groups excluding tert-OH is 5. The molecule has 6 heteroatoms. The van der Waals surface area contributed by atoms with Crippen molar-refractivity contribution < 1.29 is 30.3 Å². The predicted molar refractivity (Wildman–Crippen MR) is 105 cm³/mol. The first-order valence-corrected chi connectivity index (χ1v) is 9.80. The number of allylic oxidation sites excluding steroid dienone is 4. The minimum Gasteiger partial charge on any atom is -0.392 e. The van der Waals surface area contributed by atoms with Gasteiger partial charge in [0.15, 0.2) is 5.60 Å². The molecule has 1 fully saturated rings. The molecular weight excluding hydrogens is 360 g/mol. The van der Waals surface area contributed by atoms with E-state index in [0.717, 1.165) is 5.57 Å². The van der Waals surface area contributed by atoms with E-state index in [-0.39, 0.29) is 17.9 Å². The fourth-order valence-electron chi connectivity index (χ4n) is 4.53. The SMILES string of the molecule is CC(C=CC1C(C)=CCC(O)C1(C)C)=CC(O)C12OC1C(O)C(CO)=CC2O. The van der Waals surface area contributed by atoms with E-state index >= 15 is 0 Å². The predicted octanol–water partition coefficient (Wildman–Crippen LogP) is 0.995. The summed E-state index contributed by atoms with van der Waals surface area (Å²) >= 11 is 0. The highest BCUT2D eigenvalue weighted by atomic mass is 16.6. The number of aliphatic hydroxyl groups is 5. The van der Waals surface area contributed by atoms with Crippen LogP contribution in [0.1, 0.15) is 34.1 Å². The van der Waals surface area contributed by atoms with Gasteiger partial charge in [0.2, 0.25) is 0 Å². The largest absolute Gasteiger partial charge is 0.392 e. The van der Waals surface area contributed by atoms with Crippen LogP contribution >= 0.6 is 0 Å². The van der Waals surface area contributed by atoms with Crippen LogP contribution in [0.25, 0.3) is 0 Å². The van der Waals surface area contributed by atoms with Gasteiger partial charge in [0.05, 0.1) is 12.7 Å². The van der Waals surface area contributed by atoms with Crippen molar-refractivity contribution in [2.45, 2.75) is 70.2 Å². The molecule has 0 radical (unpaired) electrons.